The maximum atomic E-state index is 13.8. The highest BCUT2D eigenvalue weighted by molar-refractivity contribution is 5.78. The number of benzene rings is 2. The van der Waals surface area contributed by atoms with Crippen LogP contribution in [0.5, 0.6) is 5.75 Å². The number of nitrogens with one attached hydrogen (secondary N) is 1. The van der Waals surface area contributed by atoms with E-state index in [0.29, 0.717) is 25.4 Å². The minimum absolute atomic E-state index is 0.0552. The highest BCUT2D eigenvalue weighted by Crippen LogP contribution is 2.28. The van der Waals surface area contributed by atoms with Crippen LogP contribution in [0.3, 0.4) is 0 Å². The number of hydrogen-bond acceptors (Lipinski definition) is 3. The van der Waals surface area contributed by atoms with Gasteiger partial charge in [0.05, 0.1) is 0 Å². The molecule has 0 radical (unpaired) electrons. The second-order valence-electron chi connectivity index (χ2n) is 9.31. The SMILES string of the molecule is CCC(CC)CN(CCc1ccccc1)C(=O)N1C=C(c2ccc(OC(F)(F)F)cc2)CC[C@@H](C)N1. The van der Waals surface area contributed by atoms with Crippen molar-refractivity contribution in [1.29, 1.82) is 0 Å². The van der Waals surface area contributed by atoms with Crippen molar-refractivity contribution >= 4 is 11.6 Å². The number of urea groups is 1. The molecule has 0 bridgehead atoms. The number of halogens is 3. The van der Waals surface area contributed by atoms with Gasteiger partial charge in [-0.15, -0.1) is 13.2 Å². The van der Waals surface area contributed by atoms with Crippen molar-refractivity contribution in [3.8, 4) is 5.75 Å². The van der Waals surface area contributed by atoms with Crippen molar-refractivity contribution < 1.29 is 22.7 Å². The van der Waals surface area contributed by atoms with Crippen LogP contribution in [0.25, 0.3) is 5.57 Å². The molecule has 0 fully saturated rings. The maximum absolute atomic E-state index is 13.8. The van der Waals surface area contributed by atoms with Crippen LogP contribution < -0.4 is 10.2 Å². The molecule has 1 aliphatic heterocycles. The lowest BCUT2D eigenvalue weighted by Crippen LogP contribution is -2.51. The summed E-state index contributed by atoms with van der Waals surface area (Å²) in [4.78, 5) is 15.7. The predicted octanol–water partition coefficient (Wildman–Crippen LogP) is 7.02. The number of ether oxygens (including phenoxy) is 1. The number of allylic oxidation sites excluding steroid dienone is 1. The number of carbonyl (C=O) groups is 1. The summed E-state index contributed by atoms with van der Waals surface area (Å²) in [6, 6.07) is 15.8. The Morgan fingerprint density at radius 3 is 2.39 bits per heavy atom. The minimum atomic E-state index is -4.73. The first kappa shape index (κ1) is 27.6. The summed E-state index contributed by atoms with van der Waals surface area (Å²) in [5.41, 5.74) is 6.11. The molecule has 5 nitrogen and oxygen atoms in total. The third kappa shape index (κ3) is 8.29. The van der Waals surface area contributed by atoms with E-state index in [0.717, 1.165) is 36.8 Å². The van der Waals surface area contributed by atoms with E-state index in [-0.39, 0.29) is 17.8 Å². The van der Waals surface area contributed by atoms with E-state index >= 15 is 0 Å². The first-order chi connectivity index (χ1) is 17.2. The normalized spacial score (nSPS) is 16.5. The Bertz CT molecular complexity index is 989. The number of rotatable bonds is 9. The van der Waals surface area contributed by atoms with Crippen LogP contribution in [-0.2, 0) is 6.42 Å². The summed E-state index contributed by atoms with van der Waals surface area (Å²) in [5.74, 6) is 0.135. The van der Waals surface area contributed by atoms with Gasteiger partial charge in [0.1, 0.15) is 5.75 Å². The van der Waals surface area contributed by atoms with Gasteiger partial charge in [0.15, 0.2) is 0 Å². The number of hydrogen-bond donors (Lipinski definition) is 1. The maximum Gasteiger partial charge on any atom is 0.573 e. The van der Waals surface area contributed by atoms with Gasteiger partial charge in [-0.25, -0.2) is 15.2 Å². The highest BCUT2D eigenvalue weighted by atomic mass is 19.4. The van der Waals surface area contributed by atoms with Crippen LogP contribution in [0, 0.1) is 5.92 Å². The zero-order chi connectivity index (χ0) is 26.1. The summed E-state index contributed by atoms with van der Waals surface area (Å²) in [5, 5.41) is 1.56. The second-order valence-corrected chi connectivity index (χ2v) is 9.31. The molecule has 1 heterocycles. The van der Waals surface area contributed by atoms with Crippen molar-refractivity contribution in [2.24, 2.45) is 5.92 Å². The number of carbonyl (C=O) groups excluding carboxylic acids is 1. The van der Waals surface area contributed by atoms with Crippen molar-refractivity contribution in [2.45, 2.75) is 65.3 Å². The van der Waals surface area contributed by atoms with E-state index in [4.69, 9.17) is 0 Å². The average Bonchev–Trinajstić information content (AvgIpc) is 3.05. The smallest absolute Gasteiger partial charge is 0.406 e. The molecule has 2 aromatic carbocycles. The van der Waals surface area contributed by atoms with Crippen LogP contribution >= 0.6 is 0 Å². The van der Waals surface area contributed by atoms with Crippen LogP contribution in [0.2, 0.25) is 0 Å². The molecular weight excluding hydrogens is 467 g/mol. The van der Waals surface area contributed by atoms with E-state index in [9.17, 15) is 18.0 Å². The summed E-state index contributed by atoms with van der Waals surface area (Å²) in [6.07, 6.45) is 1.26. The van der Waals surface area contributed by atoms with Gasteiger partial charge >= 0.3 is 12.4 Å². The van der Waals surface area contributed by atoms with Crippen molar-refractivity contribution in [1.82, 2.24) is 15.3 Å². The molecule has 196 valence electrons. The fraction of sp³-hybridized carbons (Fsp3) is 0.464. The molecule has 8 heteroatoms. The number of alkyl halides is 3. The first-order valence-electron chi connectivity index (χ1n) is 12.6. The third-order valence-electron chi connectivity index (χ3n) is 6.57. The molecular formula is C28H36F3N3O2. The minimum Gasteiger partial charge on any atom is -0.406 e. The monoisotopic (exact) mass is 503 g/mol. The van der Waals surface area contributed by atoms with E-state index < -0.39 is 6.36 Å². The molecule has 36 heavy (non-hydrogen) atoms. The number of amides is 2. The molecule has 0 aromatic heterocycles. The molecule has 2 aromatic rings. The third-order valence-corrected chi connectivity index (χ3v) is 6.57. The van der Waals surface area contributed by atoms with Gasteiger partial charge in [-0.3, -0.25) is 0 Å². The Morgan fingerprint density at radius 2 is 1.78 bits per heavy atom. The molecule has 2 amide bonds. The molecule has 3 rings (SSSR count). The van der Waals surface area contributed by atoms with Gasteiger partial charge in [-0.1, -0.05) is 69.2 Å². The van der Waals surface area contributed by atoms with Gasteiger partial charge < -0.3 is 9.64 Å². The average molecular weight is 504 g/mol. The van der Waals surface area contributed by atoms with Gasteiger partial charge in [0.2, 0.25) is 0 Å². The molecule has 1 atom stereocenters. The first-order valence-corrected chi connectivity index (χ1v) is 12.6. The van der Waals surface area contributed by atoms with Crippen molar-refractivity contribution in [3.05, 3.63) is 71.9 Å². The van der Waals surface area contributed by atoms with Gasteiger partial charge in [0, 0.05) is 25.3 Å². The Hall–Kier alpha value is -3.00. The fourth-order valence-corrected chi connectivity index (χ4v) is 4.32. The summed E-state index contributed by atoms with van der Waals surface area (Å²) >= 11 is 0. The predicted molar refractivity (Wildman–Crippen MR) is 136 cm³/mol. The Labute approximate surface area is 211 Å². The van der Waals surface area contributed by atoms with Crippen molar-refractivity contribution in [3.63, 3.8) is 0 Å². The standard InChI is InChI=1S/C28H36F3N3O2/c1-4-22(5-2)19-33(18-17-23-9-7-6-8-10-23)27(35)34-20-25(12-11-21(3)32-34)24-13-15-26(16-14-24)36-28(29,30)31/h6-10,13-16,20-22,32H,4-5,11-12,17-19H2,1-3H3/t21-/m1/s1. The summed E-state index contributed by atoms with van der Waals surface area (Å²) in [6.45, 7) is 7.57. The van der Waals surface area contributed by atoms with E-state index in [1.807, 2.05) is 30.0 Å². The topological polar surface area (TPSA) is 44.8 Å². The quantitative estimate of drug-likeness (QED) is 0.400. The summed E-state index contributed by atoms with van der Waals surface area (Å²) in [7, 11) is 0. The fourth-order valence-electron chi connectivity index (χ4n) is 4.32. The van der Waals surface area contributed by atoms with E-state index in [1.165, 1.54) is 17.7 Å². The number of nitrogens with zero attached hydrogens (tertiary/aromatic N) is 2. The van der Waals surface area contributed by atoms with Crippen LogP contribution in [0.15, 0.2) is 60.8 Å². The molecule has 0 saturated heterocycles. The largest absolute Gasteiger partial charge is 0.573 e. The van der Waals surface area contributed by atoms with Crippen LogP contribution in [0.1, 0.15) is 57.6 Å². The zero-order valence-electron chi connectivity index (χ0n) is 21.2. The summed E-state index contributed by atoms with van der Waals surface area (Å²) < 4.78 is 41.6. The van der Waals surface area contributed by atoms with Crippen LogP contribution in [0.4, 0.5) is 18.0 Å². The molecule has 0 unspecified atom stereocenters. The molecule has 0 saturated carbocycles. The molecule has 1 aliphatic rings. The van der Waals surface area contributed by atoms with Gasteiger partial charge in [-0.2, -0.15) is 0 Å². The van der Waals surface area contributed by atoms with Crippen LogP contribution in [-0.4, -0.2) is 41.4 Å². The van der Waals surface area contributed by atoms with E-state index in [2.05, 4.69) is 36.1 Å². The molecule has 0 spiro atoms. The zero-order valence-corrected chi connectivity index (χ0v) is 21.2. The Morgan fingerprint density at radius 1 is 1.11 bits per heavy atom. The Balaban J connectivity index is 1.82. The van der Waals surface area contributed by atoms with Gasteiger partial charge in [0.25, 0.3) is 0 Å². The molecule has 1 N–H and O–H groups in total. The molecule has 0 aliphatic carbocycles. The Kier molecular flexibility index (Phi) is 9.81. The van der Waals surface area contributed by atoms with Gasteiger partial charge in [-0.05, 0) is 60.9 Å². The lowest BCUT2D eigenvalue weighted by molar-refractivity contribution is -0.274. The highest BCUT2D eigenvalue weighted by Gasteiger charge is 2.31. The second kappa shape index (κ2) is 12.8. The van der Waals surface area contributed by atoms with E-state index in [1.54, 1.807) is 23.3 Å². The lowest BCUT2D eigenvalue weighted by Gasteiger charge is -2.32. The lowest BCUT2D eigenvalue weighted by atomic mass is 10.0. The van der Waals surface area contributed by atoms with Crippen molar-refractivity contribution in [2.75, 3.05) is 13.1 Å². The number of hydrazine groups is 1.